The Bertz CT molecular complexity index is 927. The average molecular weight is 429 g/mol. The third-order valence-electron chi connectivity index (χ3n) is 5.79. The van der Waals surface area contributed by atoms with Crippen molar-refractivity contribution in [3.05, 3.63) is 53.6 Å². The number of nitrogens with one attached hydrogen (secondary N) is 1. The molecule has 0 aliphatic carbocycles. The molecule has 0 aromatic heterocycles. The molecule has 2 heterocycles. The minimum atomic E-state index is -0.335. The predicted molar refractivity (Wildman–Crippen MR) is 117 cm³/mol. The third kappa shape index (κ3) is 4.16. The number of halogens is 1. The minimum absolute atomic E-state index is 0.126. The van der Waals surface area contributed by atoms with Crippen LogP contribution in [-0.2, 0) is 9.59 Å². The highest BCUT2D eigenvalue weighted by Crippen LogP contribution is 2.32. The number of ether oxygens (including phenoxy) is 1. The third-order valence-corrected chi connectivity index (χ3v) is 6.02. The molecule has 2 aromatic carbocycles. The van der Waals surface area contributed by atoms with E-state index in [0.29, 0.717) is 18.0 Å². The van der Waals surface area contributed by atoms with E-state index in [1.54, 1.807) is 6.07 Å². The van der Waals surface area contributed by atoms with E-state index in [1.807, 2.05) is 43.3 Å². The van der Waals surface area contributed by atoms with Crippen LogP contribution in [0.15, 0.2) is 48.5 Å². The summed E-state index contributed by atoms with van der Waals surface area (Å²) in [5.41, 5.74) is 1.65. The first kappa shape index (κ1) is 20.7. The van der Waals surface area contributed by atoms with Crippen LogP contribution in [0.2, 0.25) is 5.02 Å². The van der Waals surface area contributed by atoms with Crippen molar-refractivity contribution in [2.75, 3.05) is 42.6 Å². The molecule has 6 nitrogen and oxygen atoms in total. The molecule has 2 aromatic rings. The number of carbonyl (C=O) groups is 2. The Morgan fingerprint density at radius 1 is 1.10 bits per heavy atom. The number of imide groups is 1. The molecule has 4 rings (SSSR count). The van der Waals surface area contributed by atoms with Crippen LogP contribution in [-0.4, -0.2) is 50.6 Å². The lowest BCUT2D eigenvalue weighted by molar-refractivity contribution is -0.915. The number of para-hydroxylation sites is 2. The van der Waals surface area contributed by atoms with Gasteiger partial charge in [0.15, 0.2) is 6.04 Å². The van der Waals surface area contributed by atoms with E-state index < -0.39 is 0 Å². The number of rotatable bonds is 6. The summed E-state index contributed by atoms with van der Waals surface area (Å²) in [6.45, 7) is 5.83. The predicted octanol–water partition coefficient (Wildman–Crippen LogP) is 2.17. The maximum Gasteiger partial charge on any atom is 0.292 e. The molecular formula is C23H27ClN3O3+. The van der Waals surface area contributed by atoms with Gasteiger partial charge in [-0.05, 0) is 36.8 Å². The molecule has 0 bridgehead atoms. The lowest BCUT2D eigenvalue weighted by Gasteiger charge is -2.35. The summed E-state index contributed by atoms with van der Waals surface area (Å²) in [6, 6.07) is 14.8. The van der Waals surface area contributed by atoms with Crippen molar-refractivity contribution in [1.82, 2.24) is 0 Å². The van der Waals surface area contributed by atoms with Gasteiger partial charge >= 0.3 is 0 Å². The Kier molecular flexibility index (Phi) is 6.25. The molecule has 2 aliphatic heterocycles. The average Bonchev–Trinajstić information content (AvgIpc) is 3.06. The first-order valence-corrected chi connectivity index (χ1v) is 10.9. The summed E-state index contributed by atoms with van der Waals surface area (Å²) in [4.78, 5) is 30.8. The highest BCUT2D eigenvalue weighted by Gasteiger charge is 2.47. The van der Waals surface area contributed by atoms with E-state index in [4.69, 9.17) is 16.3 Å². The van der Waals surface area contributed by atoms with Gasteiger partial charge in [0.1, 0.15) is 5.75 Å². The van der Waals surface area contributed by atoms with Crippen LogP contribution in [0.4, 0.5) is 11.4 Å². The molecule has 0 radical (unpaired) electrons. The van der Waals surface area contributed by atoms with Crippen molar-refractivity contribution in [1.29, 1.82) is 0 Å². The van der Waals surface area contributed by atoms with Gasteiger partial charge in [-0.2, -0.15) is 0 Å². The highest BCUT2D eigenvalue weighted by atomic mass is 35.5. The van der Waals surface area contributed by atoms with Crippen LogP contribution >= 0.6 is 11.6 Å². The second kappa shape index (κ2) is 9.06. The van der Waals surface area contributed by atoms with Crippen molar-refractivity contribution >= 4 is 34.8 Å². The molecule has 1 atom stereocenters. The topological polar surface area (TPSA) is 54.3 Å². The van der Waals surface area contributed by atoms with E-state index in [2.05, 4.69) is 11.0 Å². The summed E-state index contributed by atoms with van der Waals surface area (Å²) in [6.07, 6.45) is 1.10. The fourth-order valence-corrected chi connectivity index (χ4v) is 4.44. The zero-order chi connectivity index (χ0) is 21.1. The monoisotopic (exact) mass is 428 g/mol. The number of benzene rings is 2. The molecular weight excluding hydrogens is 402 g/mol. The molecule has 2 fully saturated rings. The highest BCUT2D eigenvalue weighted by molar-refractivity contribution is 6.30. The minimum Gasteiger partial charge on any atom is -0.491 e. The molecule has 0 saturated carbocycles. The Hall–Kier alpha value is -2.57. The van der Waals surface area contributed by atoms with E-state index in [1.165, 1.54) is 9.80 Å². The molecule has 158 valence electrons. The van der Waals surface area contributed by atoms with E-state index in [9.17, 15) is 9.59 Å². The number of piperazine rings is 1. The standard InChI is InChI=1S/C23H26ClN3O3/c1-2-14-30-21-9-4-3-8-19(21)27-22(28)16-20(23(27)29)26-12-10-25(11-13-26)18-7-5-6-17(24)15-18/h3-9,15,20H,2,10-14,16H2,1H3/p+1/t20-/m0/s1. The summed E-state index contributed by atoms with van der Waals surface area (Å²) < 4.78 is 5.78. The second-order valence-corrected chi connectivity index (χ2v) is 8.20. The molecule has 0 spiro atoms. The van der Waals surface area contributed by atoms with Crippen LogP contribution in [0.3, 0.4) is 0 Å². The molecule has 2 amide bonds. The molecule has 2 aliphatic rings. The fraction of sp³-hybridized carbons (Fsp3) is 0.391. The lowest BCUT2D eigenvalue weighted by atomic mass is 10.1. The number of hydrogen-bond donors (Lipinski definition) is 1. The van der Waals surface area contributed by atoms with Gasteiger partial charge in [0.25, 0.3) is 5.91 Å². The Balaban J connectivity index is 1.45. The molecule has 1 N–H and O–H groups in total. The van der Waals surface area contributed by atoms with Crippen molar-refractivity contribution in [3.63, 3.8) is 0 Å². The van der Waals surface area contributed by atoms with Gasteiger partial charge < -0.3 is 14.5 Å². The van der Waals surface area contributed by atoms with Crippen molar-refractivity contribution in [2.45, 2.75) is 25.8 Å². The first-order chi connectivity index (χ1) is 14.6. The molecule has 0 unspecified atom stereocenters. The quantitative estimate of drug-likeness (QED) is 0.716. The van der Waals surface area contributed by atoms with Gasteiger partial charge in [-0.1, -0.05) is 36.7 Å². The zero-order valence-corrected chi connectivity index (χ0v) is 17.9. The Morgan fingerprint density at radius 3 is 2.60 bits per heavy atom. The van der Waals surface area contributed by atoms with Gasteiger partial charge in [-0.15, -0.1) is 0 Å². The SMILES string of the molecule is CCCOc1ccccc1N1C(=O)C[C@H]([NH+]2CCN(c3cccc(Cl)c3)CC2)C1=O. The zero-order valence-electron chi connectivity index (χ0n) is 17.1. The van der Waals surface area contributed by atoms with Gasteiger partial charge in [-0.3, -0.25) is 9.59 Å². The van der Waals surface area contributed by atoms with E-state index >= 15 is 0 Å². The fourth-order valence-electron chi connectivity index (χ4n) is 4.25. The Labute approximate surface area is 182 Å². The number of hydrogen-bond acceptors (Lipinski definition) is 4. The van der Waals surface area contributed by atoms with Crippen molar-refractivity contribution < 1.29 is 19.2 Å². The van der Waals surface area contributed by atoms with E-state index in [-0.39, 0.29) is 24.3 Å². The smallest absolute Gasteiger partial charge is 0.292 e. The van der Waals surface area contributed by atoms with Crippen molar-refractivity contribution in [2.24, 2.45) is 0 Å². The lowest BCUT2D eigenvalue weighted by Crippen LogP contribution is -3.19. The van der Waals surface area contributed by atoms with Gasteiger partial charge in [-0.25, -0.2) is 4.90 Å². The summed E-state index contributed by atoms with van der Waals surface area (Å²) >= 11 is 6.12. The number of amides is 2. The first-order valence-electron chi connectivity index (χ1n) is 10.5. The summed E-state index contributed by atoms with van der Waals surface area (Å²) in [5, 5.41) is 0.721. The normalized spacial score (nSPS) is 20.1. The van der Waals surface area contributed by atoms with Gasteiger partial charge in [0, 0.05) is 10.7 Å². The maximum absolute atomic E-state index is 13.2. The van der Waals surface area contributed by atoms with Crippen LogP contribution in [0.5, 0.6) is 5.75 Å². The summed E-state index contributed by atoms with van der Waals surface area (Å²) in [5.74, 6) is 0.309. The number of quaternary nitrogens is 1. The number of nitrogens with zero attached hydrogens (tertiary/aromatic N) is 2. The van der Waals surface area contributed by atoms with Gasteiger partial charge in [0.05, 0.1) is 44.9 Å². The number of carbonyl (C=O) groups excluding carboxylic acids is 2. The maximum atomic E-state index is 13.2. The van der Waals surface area contributed by atoms with Crippen LogP contribution in [0, 0.1) is 0 Å². The number of anilines is 2. The summed E-state index contributed by atoms with van der Waals surface area (Å²) in [7, 11) is 0. The van der Waals surface area contributed by atoms with Crippen molar-refractivity contribution in [3.8, 4) is 5.75 Å². The van der Waals surface area contributed by atoms with Crippen LogP contribution in [0.1, 0.15) is 19.8 Å². The van der Waals surface area contributed by atoms with Gasteiger partial charge in [0.2, 0.25) is 5.91 Å². The van der Waals surface area contributed by atoms with Crippen LogP contribution in [0.25, 0.3) is 0 Å². The van der Waals surface area contributed by atoms with E-state index in [0.717, 1.165) is 43.3 Å². The molecule has 2 saturated heterocycles. The van der Waals surface area contributed by atoms with Crippen LogP contribution < -0.4 is 19.4 Å². The Morgan fingerprint density at radius 2 is 1.87 bits per heavy atom. The molecule has 30 heavy (non-hydrogen) atoms. The second-order valence-electron chi connectivity index (χ2n) is 7.77. The largest absolute Gasteiger partial charge is 0.491 e. The molecule has 7 heteroatoms.